The Kier molecular flexibility index (Phi) is 4.32. The van der Waals surface area contributed by atoms with Gasteiger partial charge in [-0.25, -0.2) is 0 Å². The minimum atomic E-state index is -1.46. The number of Topliss-reactive ketones (excluding diaryl/α,β-unsaturated/α-hetero) is 1. The van der Waals surface area contributed by atoms with Gasteiger partial charge < -0.3 is 28.8 Å². The van der Waals surface area contributed by atoms with Crippen molar-refractivity contribution in [2.75, 3.05) is 13.2 Å². The molecule has 35 heavy (non-hydrogen) atoms. The van der Waals surface area contributed by atoms with Crippen LogP contribution in [0.2, 0.25) is 0 Å². The normalized spacial score (nSPS) is 52.5. The van der Waals surface area contributed by atoms with E-state index < -0.39 is 34.6 Å². The smallest absolute Gasteiger partial charge is 0.213 e. The Hall–Kier alpha value is -1.25. The quantitative estimate of drug-likeness (QED) is 0.594. The molecular weight excluding hydrogens is 448 g/mol. The average molecular weight is 487 g/mol. The molecule has 0 unspecified atom stereocenters. The molecule has 8 aliphatic rings. The van der Waals surface area contributed by atoms with Crippen molar-refractivity contribution in [3.05, 3.63) is 23.5 Å². The second-order valence-electron chi connectivity index (χ2n) is 13.1. The molecule has 8 rings (SSSR count). The fraction of sp³-hybridized carbons (Fsp3) is 0.821. The molecule has 4 aliphatic heterocycles. The number of fused-ring (bicyclic) bond motifs is 1. The molecule has 0 radical (unpaired) electrons. The van der Waals surface area contributed by atoms with Crippen LogP contribution in [0.25, 0.3) is 0 Å². The maximum absolute atomic E-state index is 14.3. The summed E-state index contributed by atoms with van der Waals surface area (Å²) in [6.07, 6.45) is 2.44. The summed E-state index contributed by atoms with van der Waals surface area (Å²) in [6.45, 7) is 15.4. The summed E-state index contributed by atoms with van der Waals surface area (Å²) in [5, 5.41) is 12.4. The van der Waals surface area contributed by atoms with Gasteiger partial charge >= 0.3 is 0 Å². The van der Waals surface area contributed by atoms with Gasteiger partial charge in [-0.15, -0.1) is 0 Å². The highest BCUT2D eigenvalue weighted by Gasteiger charge is 2.90. The van der Waals surface area contributed by atoms with Crippen molar-refractivity contribution in [1.82, 2.24) is 0 Å². The highest BCUT2D eigenvalue weighted by molar-refractivity contribution is 6.05. The summed E-state index contributed by atoms with van der Waals surface area (Å²) >= 11 is 0. The first-order valence-electron chi connectivity index (χ1n) is 13.4. The van der Waals surface area contributed by atoms with Crippen LogP contribution in [0, 0.1) is 34.0 Å². The van der Waals surface area contributed by atoms with Crippen LogP contribution in [0.1, 0.15) is 66.7 Å². The maximum atomic E-state index is 14.3. The van der Waals surface area contributed by atoms with Crippen LogP contribution in [-0.4, -0.2) is 54.2 Å². The predicted octanol–water partition coefficient (Wildman–Crippen LogP) is 3.85. The van der Waals surface area contributed by atoms with Crippen molar-refractivity contribution in [3.63, 3.8) is 0 Å². The lowest BCUT2D eigenvalue weighted by atomic mass is 9.36. The zero-order chi connectivity index (χ0) is 24.8. The van der Waals surface area contributed by atoms with E-state index in [9.17, 15) is 9.90 Å². The van der Waals surface area contributed by atoms with Crippen LogP contribution in [-0.2, 0) is 28.5 Å². The summed E-state index contributed by atoms with van der Waals surface area (Å²) < 4.78 is 32.6. The van der Waals surface area contributed by atoms with E-state index in [0.29, 0.717) is 18.8 Å². The molecule has 4 heterocycles. The van der Waals surface area contributed by atoms with Crippen molar-refractivity contribution >= 4 is 5.78 Å². The zero-order valence-electron chi connectivity index (χ0n) is 21.5. The van der Waals surface area contributed by atoms with E-state index in [-0.39, 0.29) is 35.2 Å². The standard InChI is InChI=1S/C28H38O7/c1-7-31-18-11-8-15-12-24(3,4)19-21(30)28-27-17(26(19,13-32-28)22(15)33-18)10-9-16(14(2)20(27)29)23(27)34-25(5,6)35-28/h16-19,21,23,30H,2,7-13H2,1,3-6H3/t16-,17-,18+,19+,21-,23+,26-,27-,28-/m0/s1. The van der Waals surface area contributed by atoms with E-state index in [1.807, 2.05) is 20.8 Å². The van der Waals surface area contributed by atoms with Gasteiger partial charge in [0, 0.05) is 24.9 Å². The monoisotopic (exact) mass is 486 g/mol. The summed E-state index contributed by atoms with van der Waals surface area (Å²) in [5.41, 5.74) is -0.134. The highest BCUT2D eigenvalue weighted by atomic mass is 16.8. The topological polar surface area (TPSA) is 83.5 Å². The Morgan fingerprint density at radius 1 is 1.17 bits per heavy atom. The molecule has 0 aromatic rings. The van der Waals surface area contributed by atoms with Crippen LogP contribution in [0.4, 0.5) is 0 Å². The fourth-order valence-electron chi connectivity index (χ4n) is 9.95. The van der Waals surface area contributed by atoms with E-state index >= 15 is 0 Å². The first-order valence-corrected chi connectivity index (χ1v) is 13.4. The highest BCUT2D eigenvalue weighted by Crippen LogP contribution is 2.80. The predicted molar refractivity (Wildman–Crippen MR) is 125 cm³/mol. The Morgan fingerprint density at radius 3 is 2.69 bits per heavy atom. The number of carbonyl (C=O) groups excluding carboxylic acids is 1. The molecule has 3 saturated heterocycles. The van der Waals surface area contributed by atoms with E-state index in [1.165, 1.54) is 5.57 Å². The second kappa shape index (κ2) is 6.60. The lowest BCUT2D eigenvalue weighted by Crippen LogP contribution is -2.87. The third-order valence-electron chi connectivity index (χ3n) is 10.6. The first kappa shape index (κ1) is 22.9. The fourth-order valence-corrected chi connectivity index (χ4v) is 9.95. The molecule has 3 spiro atoms. The van der Waals surface area contributed by atoms with Gasteiger partial charge in [0.2, 0.25) is 5.79 Å². The lowest BCUT2D eigenvalue weighted by Gasteiger charge is -2.77. The molecule has 0 amide bonds. The molecule has 0 aromatic heterocycles. The number of carbonyl (C=O) groups is 1. The molecule has 3 saturated carbocycles. The van der Waals surface area contributed by atoms with E-state index in [4.69, 9.17) is 23.7 Å². The number of hydrogen-bond acceptors (Lipinski definition) is 7. The van der Waals surface area contributed by atoms with Gasteiger partial charge in [-0.2, -0.15) is 0 Å². The van der Waals surface area contributed by atoms with Crippen LogP contribution in [0.5, 0.6) is 0 Å². The summed E-state index contributed by atoms with van der Waals surface area (Å²) in [6, 6.07) is 0. The molecular formula is C28H38O7. The molecule has 4 bridgehead atoms. The summed E-state index contributed by atoms with van der Waals surface area (Å²) in [5.74, 6) is -2.01. The van der Waals surface area contributed by atoms with Crippen LogP contribution in [0.15, 0.2) is 23.5 Å². The van der Waals surface area contributed by atoms with Gasteiger partial charge in [0.05, 0.1) is 18.1 Å². The van der Waals surface area contributed by atoms with E-state index in [2.05, 4.69) is 20.4 Å². The molecule has 4 aliphatic carbocycles. The number of hydrogen-bond donors (Lipinski definition) is 1. The Labute approximate surface area is 207 Å². The van der Waals surface area contributed by atoms with E-state index in [0.717, 1.165) is 37.9 Å². The number of ether oxygens (including phenoxy) is 5. The minimum Gasteiger partial charge on any atom is -0.469 e. The number of aliphatic hydroxyl groups is 1. The van der Waals surface area contributed by atoms with Gasteiger partial charge in [-0.3, -0.25) is 4.79 Å². The molecule has 192 valence electrons. The van der Waals surface area contributed by atoms with Crippen LogP contribution < -0.4 is 0 Å². The number of ketones is 1. The average Bonchev–Trinajstić information content (AvgIpc) is 2.90. The van der Waals surface area contributed by atoms with Gasteiger partial charge in [0.15, 0.2) is 17.9 Å². The van der Waals surface area contributed by atoms with Crippen molar-refractivity contribution in [2.24, 2.45) is 34.0 Å². The third kappa shape index (κ3) is 2.31. The molecule has 0 aromatic carbocycles. The molecule has 7 nitrogen and oxygen atoms in total. The molecule has 7 heteroatoms. The van der Waals surface area contributed by atoms with Gasteiger partial charge in [0.25, 0.3) is 0 Å². The van der Waals surface area contributed by atoms with Crippen molar-refractivity contribution in [2.45, 2.75) is 96.8 Å². The van der Waals surface area contributed by atoms with Gasteiger partial charge in [-0.1, -0.05) is 20.4 Å². The maximum Gasteiger partial charge on any atom is 0.213 e. The second-order valence-corrected chi connectivity index (χ2v) is 13.1. The molecule has 1 N–H and O–H groups in total. The number of allylic oxidation sites excluding steroid dienone is 1. The number of rotatable bonds is 2. The van der Waals surface area contributed by atoms with E-state index in [1.54, 1.807) is 0 Å². The Morgan fingerprint density at radius 2 is 1.94 bits per heavy atom. The molecule has 6 fully saturated rings. The van der Waals surface area contributed by atoms with Crippen LogP contribution >= 0.6 is 0 Å². The van der Waals surface area contributed by atoms with Crippen molar-refractivity contribution < 1.29 is 33.6 Å². The zero-order valence-corrected chi connectivity index (χ0v) is 21.5. The van der Waals surface area contributed by atoms with Gasteiger partial charge in [-0.05, 0) is 68.9 Å². The minimum absolute atomic E-state index is 0.0511. The van der Waals surface area contributed by atoms with Crippen LogP contribution in [0.3, 0.4) is 0 Å². The van der Waals surface area contributed by atoms with Crippen molar-refractivity contribution in [3.8, 4) is 0 Å². The Balaban J connectivity index is 1.51. The largest absolute Gasteiger partial charge is 0.469 e. The first-order chi connectivity index (χ1) is 16.5. The summed E-state index contributed by atoms with van der Waals surface area (Å²) in [4.78, 5) is 14.3. The Bertz CT molecular complexity index is 1060. The summed E-state index contributed by atoms with van der Waals surface area (Å²) in [7, 11) is 0. The SMILES string of the molecule is C=C1C(=O)[C@@]23[C@@H]4OC(C)(C)O[C@]25OC[C@]2(C6=C(CC[C@H](OCC)O6)CC(C)(C)[C@H]2[C@@H]5O)[C@@H]3CC[C@@H]14. The van der Waals surface area contributed by atoms with Gasteiger partial charge in [0.1, 0.15) is 17.3 Å². The number of aliphatic hydroxyl groups excluding tert-OH is 1. The van der Waals surface area contributed by atoms with Crippen molar-refractivity contribution in [1.29, 1.82) is 0 Å². The lowest BCUT2D eigenvalue weighted by molar-refractivity contribution is -0.527. The molecule has 9 atom stereocenters. The third-order valence-corrected chi connectivity index (χ3v) is 10.6.